The molecule has 1 amide bonds. The van der Waals surface area contributed by atoms with E-state index in [2.05, 4.69) is 10.3 Å². The number of thiazole rings is 1. The van der Waals surface area contributed by atoms with Crippen molar-refractivity contribution in [3.05, 3.63) is 86.3 Å². The van der Waals surface area contributed by atoms with Crippen LogP contribution in [0.25, 0.3) is 0 Å². The van der Waals surface area contributed by atoms with Gasteiger partial charge in [-0.1, -0.05) is 47.5 Å². The summed E-state index contributed by atoms with van der Waals surface area (Å²) in [5, 5.41) is 4.51. The van der Waals surface area contributed by atoms with Crippen LogP contribution in [0.15, 0.2) is 60.2 Å². The summed E-state index contributed by atoms with van der Waals surface area (Å²) in [7, 11) is 0. The van der Waals surface area contributed by atoms with Gasteiger partial charge in [-0.2, -0.15) is 0 Å². The third-order valence-corrected chi connectivity index (χ3v) is 5.56. The Hall–Kier alpha value is -1.88. The van der Waals surface area contributed by atoms with Crippen LogP contribution in [0.2, 0.25) is 10.0 Å². The van der Waals surface area contributed by atoms with E-state index in [1.54, 1.807) is 11.7 Å². The van der Waals surface area contributed by atoms with Gasteiger partial charge < -0.3 is 5.32 Å². The van der Waals surface area contributed by atoms with Crippen molar-refractivity contribution in [1.82, 2.24) is 10.3 Å². The van der Waals surface area contributed by atoms with Crippen molar-refractivity contribution in [2.75, 3.05) is 0 Å². The van der Waals surface area contributed by atoms with Crippen LogP contribution >= 0.6 is 34.5 Å². The van der Waals surface area contributed by atoms with E-state index in [0.29, 0.717) is 14.9 Å². The Morgan fingerprint density at radius 3 is 2.27 bits per heavy atom. The standard InChI is InChI=1S/C20H18Cl2N2OS/c1-13(24-20(25)19-11-23-12-26-19)18(15-4-8-17(22)9-5-15)10-14-2-6-16(21)7-3-14/h2-9,11-13,18H,10H2,1H3,(H,24,25). The Balaban J connectivity index is 1.82. The highest BCUT2D eigenvalue weighted by Crippen LogP contribution is 2.27. The highest BCUT2D eigenvalue weighted by atomic mass is 35.5. The maximum Gasteiger partial charge on any atom is 0.263 e. The predicted octanol–water partition coefficient (Wildman–Crippen LogP) is 5.59. The maximum atomic E-state index is 12.4. The van der Waals surface area contributed by atoms with Gasteiger partial charge in [0.1, 0.15) is 4.88 Å². The monoisotopic (exact) mass is 404 g/mol. The third-order valence-electron chi connectivity index (χ3n) is 4.29. The first-order valence-corrected chi connectivity index (χ1v) is 9.86. The highest BCUT2D eigenvalue weighted by Gasteiger charge is 2.22. The number of rotatable bonds is 6. The lowest BCUT2D eigenvalue weighted by Crippen LogP contribution is -2.37. The van der Waals surface area contributed by atoms with Crippen LogP contribution in [-0.2, 0) is 6.42 Å². The van der Waals surface area contributed by atoms with Gasteiger partial charge in [0.15, 0.2) is 0 Å². The van der Waals surface area contributed by atoms with Gasteiger partial charge in [0.05, 0.1) is 11.7 Å². The molecule has 1 aromatic heterocycles. The minimum atomic E-state index is -0.102. The highest BCUT2D eigenvalue weighted by molar-refractivity contribution is 7.11. The van der Waals surface area contributed by atoms with Crippen molar-refractivity contribution in [2.24, 2.45) is 0 Å². The van der Waals surface area contributed by atoms with Gasteiger partial charge in [-0.3, -0.25) is 9.78 Å². The van der Waals surface area contributed by atoms with Crippen molar-refractivity contribution in [3.63, 3.8) is 0 Å². The molecule has 26 heavy (non-hydrogen) atoms. The van der Waals surface area contributed by atoms with E-state index in [9.17, 15) is 4.79 Å². The molecular weight excluding hydrogens is 387 g/mol. The fourth-order valence-corrected chi connectivity index (χ4v) is 3.65. The van der Waals surface area contributed by atoms with E-state index < -0.39 is 0 Å². The number of nitrogens with one attached hydrogen (secondary N) is 1. The minimum absolute atomic E-state index is 0.0681. The number of aromatic nitrogens is 1. The summed E-state index contributed by atoms with van der Waals surface area (Å²) < 4.78 is 0. The van der Waals surface area contributed by atoms with Gasteiger partial charge in [0, 0.05) is 22.0 Å². The Morgan fingerprint density at radius 2 is 1.69 bits per heavy atom. The summed E-state index contributed by atoms with van der Waals surface area (Å²) in [5.41, 5.74) is 3.94. The molecule has 0 aliphatic rings. The van der Waals surface area contributed by atoms with Crippen molar-refractivity contribution >= 4 is 40.4 Å². The van der Waals surface area contributed by atoms with E-state index in [4.69, 9.17) is 23.2 Å². The zero-order valence-corrected chi connectivity index (χ0v) is 16.5. The molecule has 6 heteroatoms. The van der Waals surface area contributed by atoms with E-state index in [1.807, 2.05) is 55.5 Å². The summed E-state index contributed by atoms with van der Waals surface area (Å²) in [6, 6.07) is 15.5. The molecule has 2 atom stereocenters. The summed E-state index contributed by atoms with van der Waals surface area (Å²) in [6.07, 6.45) is 2.37. The molecule has 0 aliphatic carbocycles. The Bertz CT molecular complexity index is 849. The topological polar surface area (TPSA) is 42.0 Å². The van der Waals surface area contributed by atoms with Gasteiger partial charge in [-0.15, -0.1) is 11.3 Å². The zero-order chi connectivity index (χ0) is 18.5. The minimum Gasteiger partial charge on any atom is -0.348 e. The second-order valence-corrected chi connectivity index (χ2v) is 7.88. The number of carbonyl (C=O) groups is 1. The molecule has 3 aromatic rings. The Labute approximate surface area is 167 Å². The molecule has 0 radical (unpaired) electrons. The molecule has 0 saturated carbocycles. The average Bonchev–Trinajstić information content (AvgIpc) is 3.17. The maximum absolute atomic E-state index is 12.4. The smallest absolute Gasteiger partial charge is 0.263 e. The van der Waals surface area contributed by atoms with Crippen LogP contribution in [-0.4, -0.2) is 16.9 Å². The second-order valence-electron chi connectivity index (χ2n) is 6.12. The fraction of sp³-hybridized carbons (Fsp3) is 0.200. The average molecular weight is 405 g/mol. The fourth-order valence-electron chi connectivity index (χ4n) is 2.87. The Kier molecular flexibility index (Phi) is 6.30. The van der Waals surface area contributed by atoms with E-state index in [0.717, 1.165) is 17.5 Å². The van der Waals surface area contributed by atoms with Crippen molar-refractivity contribution in [1.29, 1.82) is 0 Å². The summed E-state index contributed by atoms with van der Waals surface area (Å²) in [5.74, 6) is 0.000355. The van der Waals surface area contributed by atoms with Crippen molar-refractivity contribution in [3.8, 4) is 0 Å². The molecule has 0 spiro atoms. The van der Waals surface area contributed by atoms with Crippen LogP contribution < -0.4 is 5.32 Å². The molecule has 3 nitrogen and oxygen atoms in total. The zero-order valence-electron chi connectivity index (χ0n) is 14.2. The molecule has 0 saturated heterocycles. The van der Waals surface area contributed by atoms with Crippen molar-refractivity contribution < 1.29 is 4.79 Å². The summed E-state index contributed by atoms with van der Waals surface area (Å²) >= 11 is 13.4. The first-order valence-electron chi connectivity index (χ1n) is 8.22. The molecule has 0 aliphatic heterocycles. The number of carbonyl (C=O) groups excluding carboxylic acids is 1. The molecular formula is C20H18Cl2N2OS. The summed E-state index contributed by atoms with van der Waals surface area (Å²) in [6.45, 7) is 2.02. The predicted molar refractivity (Wildman–Crippen MR) is 108 cm³/mol. The normalized spacial score (nSPS) is 13.2. The van der Waals surface area contributed by atoms with Crippen LogP contribution in [0, 0.1) is 0 Å². The summed E-state index contributed by atoms with van der Waals surface area (Å²) in [4.78, 5) is 17.0. The molecule has 2 unspecified atom stereocenters. The lowest BCUT2D eigenvalue weighted by molar-refractivity contribution is 0.0938. The van der Waals surface area contributed by atoms with Gasteiger partial charge in [-0.25, -0.2) is 0 Å². The molecule has 0 fully saturated rings. The van der Waals surface area contributed by atoms with E-state index >= 15 is 0 Å². The lowest BCUT2D eigenvalue weighted by Gasteiger charge is -2.26. The van der Waals surface area contributed by atoms with Crippen molar-refractivity contribution in [2.45, 2.75) is 25.3 Å². The van der Waals surface area contributed by atoms with Gasteiger partial charge in [-0.05, 0) is 48.7 Å². The van der Waals surface area contributed by atoms with E-state index in [-0.39, 0.29) is 17.9 Å². The number of amides is 1. The van der Waals surface area contributed by atoms with Gasteiger partial charge >= 0.3 is 0 Å². The van der Waals surface area contributed by atoms with Crippen LogP contribution in [0.5, 0.6) is 0 Å². The van der Waals surface area contributed by atoms with Crippen LogP contribution in [0.3, 0.4) is 0 Å². The number of hydrogen-bond donors (Lipinski definition) is 1. The number of halogens is 2. The molecule has 0 bridgehead atoms. The Morgan fingerprint density at radius 1 is 1.08 bits per heavy atom. The number of benzene rings is 2. The molecule has 1 N–H and O–H groups in total. The van der Waals surface area contributed by atoms with E-state index in [1.165, 1.54) is 11.3 Å². The second kappa shape index (κ2) is 8.67. The largest absolute Gasteiger partial charge is 0.348 e. The van der Waals surface area contributed by atoms with Crippen LogP contribution in [0.1, 0.15) is 33.6 Å². The molecule has 134 valence electrons. The van der Waals surface area contributed by atoms with Gasteiger partial charge in [0.2, 0.25) is 0 Å². The van der Waals surface area contributed by atoms with Crippen LogP contribution in [0.4, 0.5) is 0 Å². The molecule has 3 rings (SSSR count). The SMILES string of the molecule is CC(NC(=O)c1cncs1)C(Cc1ccc(Cl)cc1)c1ccc(Cl)cc1. The number of hydrogen-bond acceptors (Lipinski definition) is 3. The first kappa shape index (κ1) is 18.9. The van der Waals surface area contributed by atoms with Gasteiger partial charge in [0.25, 0.3) is 5.91 Å². The lowest BCUT2D eigenvalue weighted by atomic mass is 9.86. The first-order chi connectivity index (χ1) is 12.5. The quantitative estimate of drug-likeness (QED) is 0.581. The molecule has 2 aromatic carbocycles. The third kappa shape index (κ3) is 4.85. The number of nitrogens with zero attached hydrogens (tertiary/aromatic N) is 1. The molecule has 1 heterocycles.